The molecule has 1 saturated carbocycles. The van der Waals surface area contributed by atoms with Crippen LogP contribution in [-0.4, -0.2) is 29.9 Å². The number of likely N-dealkylation sites (tertiary alicyclic amines) is 1. The molecule has 2 N–H and O–H groups in total. The van der Waals surface area contributed by atoms with E-state index in [2.05, 4.69) is 6.58 Å². The van der Waals surface area contributed by atoms with Crippen LogP contribution in [0, 0.1) is 11.8 Å². The van der Waals surface area contributed by atoms with Gasteiger partial charge in [-0.2, -0.15) is 0 Å². The Balaban J connectivity index is 1.90. The fraction of sp³-hybridized carbons (Fsp3) is 0.769. The summed E-state index contributed by atoms with van der Waals surface area (Å²) in [5.74, 6) is 1.50. The van der Waals surface area contributed by atoms with Gasteiger partial charge in [-0.3, -0.25) is 4.79 Å². The first-order valence-electron chi connectivity index (χ1n) is 6.36. The minimum Gasteiger partial charge on any atom is -0.342 e. The molecule has 0 aromatic carbocycles. The van der Waals surface area contributed by atoms with Crippen molar-refractivity contribution in [2.75, 3.05) is 13.1 Å². The van der Waals surface area contributed by atoms with Crippen molar-refractivity contribution in [1.29, 1.82) is 0 Å². The Morgan fingerprint density at radius 3 is 2.94 bits per heavy atom. The topological polar surface area (TPSA) is 46.3 Å². The molecule has 3 heteroatoms. The summed E-state index contributed by atoms with van der Waals surface area (Å²) in [4.78, 5) is 13.9. The van der Waals surface area contributed by atoms with Crippen molar-refractivity contribution >= 4 is 5.91 Å². The van der Waals surface area contributed by atoms with Crippen LogP contribution in [0.25, 0.3) is 0 Å². The van der Waals surface area contributed by atoms with Gasteiger partial charge in [-0.1, -0.05) is 12.5 Å². The molecular formula is C13H22N2O. The van der Waals surface area contributed by atoms with E-state index in [4.69, 9.17) is 5.73 Å². The number of nitrogens with zero attached hydrogens (tertiary/aromatic N) is 1. The van der Waals surface area contributed by atoms with Crippen LogP contribution in [0.2, 0.25) is 0 Å². The number of nitrogens with two attached hydrogens (primary N) is 1. The Morgan fingerprint density at radius 1 is 1.44 bits per heavy atom. The second-order valence-electron chi connectivity index (χ2n) is 5.14. The van der Waals surface area contributed by atoms with E-state index < -0.39 is 0 Å². The molecule has 2 fully saturated rings. The van der Waals surface area contributed by atoms with Crippen LogP contribution in [0.4, 0.5) is 0 Å². The first-order chi connectivity index (χ1) is 7.72. The molecule has 1 heterocycles. The van der Waals surface area contributed by atoms with Crippen LogP contribution < -0.4 is 5.73 Å². The number of hydrogen-bond donors (Lipinski definition) is 1. The van der Waals surface area contributed by atoms with Crippen molar-refractivity contribution in [3.8, 4) is 0 Å². The van der Waals surface area contributed by atoms with Crippen molar-refractivity contribution in [3.63, 3.8) is 0 Å². The number of amides is 1. The molecule has 1 aliphatic carbocycles. The van der Waals surface area contributed by atoms with Gasteiger partial charge in [0.15, 0.2) is 0 Å². The van der Waals surface area contributed by atoms with Crippen LogP contribution >= 0.6 is 0 Å². The first-order valence-corrected chi connectivity index (χ1v) is 6.36. The van der Waals surface area contributed by atoms with Gasteiger partial charge in [0.2, 0.25) is 5.91 Å². The minimum atomic E-state index is 0.279. The van der Waals surface area contributed by atoms with E-state index in [1.807, 2.05) is 11.0 Å². The monoisotopic (exact) mass is 222 g/mol. The number of carbonyl (C=O) groups excluding carboxylic acids is 1. The number of fused-ring (bicyclic) bond motifs is 1. The van der Waals surface area contributed by atoms with Gasteiger partial charge in [0.1, 0.15) is 0 Å². The van der Waals surface area contributed by atoms with Crippen LogP contribution in [0.3, 0.4) is 0 Å². The number of hydrogen-bond acceptors (Lipinski definition) is 2. The summed E-state index contributed by atoms with van der Waals surface area (Å²) >= 11 is 0. The lowest BCUT2D eigenvalue weighted by Crippen LogP contribution is -2.38. The number of allylic oxidation sites excluding steroid dienone is 1. The normalized spacial score (nSPS) is 33.6. The lowest BCUT2D eigenvalue weighted by molar-refractivity contribution is -0.130. The SMILES string of the molecule is C=CCCC(=O)N1CC2CCCC(N)C2C1. The highest BCUT2D eigenvalue weighted by Crippen LogP contribution is 2.35. The molecule has 0 radical (unpaired) electrons. The Labute approximate surface area is 97.7 Å². The molecule has 90 valence electrons. The van der Waals surface area contributed by atoms with Crippen molar-refractivity contribution < 1.29 is 4.79 Å². The summed E-state index contributed by atoms with van der Waals surface area (Å²) in [6.45, 7) is 5.48. The standard InChI is InChI=1S/C13H22N2O/c1-2-3-7-13(16)15-8-10-5-4-6-12(14)11(10)9-15/h2,10-12H,1,3-9,14H2. The van der Waals surface area contributed by atoms with E-state index >= 15 is 0 Å². The number of rotatable bonds is 3. The van der Waals surface area contributed by atoms with Gasteiger partial charge in [0.05, 0.1) is 0 Å². The van der Waals surface area contributed by atoms with E-state index in [0.29, 0.717) is 24.3 Å². The smallest absolute Gasteiger partial charge is 0.222 e. The molecule has 0 bridgehead atoms. The second kappa shape index (κ2) is 5.00. The zero-order valence-corrected chi connectivity index (χ0v) is 9.90. The van der Waals surface area contributed by atoms with Gasteiger partial charge in [0, 0.05) is 25.6 Å². The first kappa shape index (κ1) is 11.6. The average molecular weight is 222 g/mol. The van der Waals surface area contributed by atoms with Crippen molar-refractivity contribution in [2.45, 2.75) is 38.1 Å². The zero-order chi connectivity index (χ0) is 11.5. The quantitative estimate of drug-likeness (QED) is 0.736. The fourth-order valence-corrected chi connectivity index (χ4v) is 3.10. The Bertz CT molecular complexity index is 277. The van der Waals surface area contributed by atoms with Crippen LogP contribution in [0.1, 0.15) is 32.1 Å². The Morgan fingerprint density at radius 2 is 2.25 bits per heavy atom. The minimum absolute atomic E-state index is 0.279. The Kier molecular flexibility index (Phi) is 3.64. The van der Waals surface area contributed by atoms with Crippen molar-refractivity contribution in [3.05, 3.63) is 12.7 Å². The molecule has 1 aliphatic heterocycles. The summed E-state index contributed by atoms with van der Waals surface area (Å²) in [5.41, 5.74) is 6.13. The van der Waals surface area contributed by atoms with Gasteiger partial charge < -0.3 is 10.6 Å². The lowest BCUT2D eigenvalue weighted by atomic mass is 9.78. The van der Waals surface area contributed by atoms with Crippen molar-refractivity contribution in [1.82, 2.24) is 4.90 Å². The average Bonchev–Trinajstić information content (AvgIpc) is 2.71. The molecule has 2 aliphatic rings. The second-order valence-corrected chi connectivity index (χ2v) is 5.14. The highest BCUT2D eigenvalue weighted by atomic mass is 16.2. The molecule has 1 amide bonds. The highest BCUT2D eigenvalue weighted by Gasteiger charge is 2.39. The van der Waals surface area contributed by atoms with Gasteiger partial charge in [0.25, 0.3) is 0 Å². The third-order valence-electron chi connectivity index (χ3n) is 4.07. The van der Waals surface area contributed by atoms with Gasteiger partial charge in [-0.25, -0.2) is 0 Å². The molecule has 0 aromatic heterocycles. The predicted molar refractivity (Wildman–Crippen MR) is 64.8 cm³/mol. The van der Waals surface area contributed by atoms with Crippen molar-refractivity contribution in [2.24, 2.45) is 17.6 Å². The molecule has 3 atom stereocenters. The van der Waals surface area contributed by atoms with Crippen LogP contribution in [0.15, 0.2) is 12.7 Å². The highest BCUT2D eigenvalue weighted by molar-refractivity contribution is 5.76. The van der Waals surface area contributed by atoms with E-state index in [1.54, 1.807) is 0 Å². The van der Waals surface area contributed by atoms with E-state index in [-0.39, 0.29) is 5.91 Å². The largest absolute Gasteiger partial charge is 0.342 e. The third kappa shape index (κ3) is 2.29. The maximum absolute atomic E-state index is 11.9. The molecule has 2 rings (SSSR count). The molecular weight excluding hydrogens is 200 g/mol. The maximum Gasteiger partial charge on any atom is 0.222 e. The van der Waals surface area contributed by atoms with Crippen LogP contribution in [-0.2, 0) is 4.79 Å². The summed E-state index contributed by atoms with van der Waals surface area (Å²) in [6, 6.07) is 0.316. The molecule has 1 saturated heterocycles. The zero-order valence-electron chi connectivity index (χ0n) is 9.90. The third-order valence-corrected chi connectivity index (χ3v) is 4.07. The molecule has 0 aromatic rings. The summed E-state index contributed by atoms with van der Waals surface area (Å²) in [7, 11) is 0. The molecule has 16 heavy (non-hydrogen) atoms. The predicted octanol–water partition coefficient (Wildman–Crippen LogP) is 1.54. The fourth-order valence-electron chi connectivity index (χ4n) is 3.10. The Hall–Kier alpha value is -0.830. The number of carbonyl (C=O) groups is 1. The van der Waals surface area contributed by atoms with E-state index in [9.17, 15) is 4.79 Å². The summed E-state index contributed by atoms with van der Waals surface area (Å²) in [6.07, 6.45) is 6.83. The maximum atomic E-state index is 11.9. The van der Waals surface area contributed by atoms with E-state index in [1.165, 1.54) is 12.8 Å². The van der Waals surface area contributed by atoms with Gasteiger partial charge in [-0.05, 0) is 31.1 Å². The van der Waals surface area contributed by atoms with Gasteiger partial charge >= 0.3 is 0 Å². The van der Waals surface area contributed by atoms with Gasteiger partial charge in [-0.15, -0.1) is 6.58 Å². The summed E-state index contributed by atoms with van der Waals surface area (Å²) in [5, 5.41) is 0. The molecule has 3 nitrogen and oxygen atoms in total. The van der Waals surface area contributed by atoms with E-state index in [0.717, 1.165) is 25.9 Å². The van der Waals surface area contributed by atoms with Crippen LogP contribution in [0.5, 0.6) is 0 Å². The summed E-state index contributed by atoms with van der Waals surface area (Å²) < 4.78 is 0. The lowest BCUT2D eigenvalue weighted by Gasteiger charge is -2.29. The molecule has 3 unspecified atom stereocenters. The molecule has 0 spiro atoms.